The number of hydrogen-bond acceptors (Lipinski definition) is 3. The van der Waals surface area contributed by atoms with Crippen LogP contribution >= 0.6 is 15.9 Å². The minimum Gasteiger partial charge on any atom is -0.396 e. The molecule has 0 spiro atoms. The number of anilines is 2. The average molecular weight is 295 g/mol. The Morgan fingerprint density at radius 1 is 1.41 bits per heavy atom. The van der Waals surface area contributed by atoms with Crippen LogP contribution in [-0.4, -0.2) is 15.7 Å². The van der Waals surface area contributed by atoms with Crippen molar-refractivity contribution in [2.45, 2.75) is 6.54 Å². The van der Waals surface area contributed by atoms with Crippen LogP contribution in [0.1, 0.15) is 0 Å². The van der Waals surface area contributed by atoms with Gasteiger partial charge in [-0.25, -0.2) is 0 Å². The second-order valence-corrected chi connectivity index (χ2v) is 4.44. The zero-order chi connectivity index (χ0) is 12.3. The third-order valence-electron chi connectivity index (χ3n) is 2.09. The molecule has 0 aliphatic carbocycles. The molecule has 0 saturated carbocycles. The fourth-order valence-electron chi connectivity index (χ4n) is 1.35. The Labute approximate surface area is 107 Å². The van der Waals surface area contributed by atoms with Gasteiger partial charge in [0, 0.05) is 16.4 Å². The molecule has 0 fully saturated rings. The first kappa shape index (κ1) is 11.7. The summed E-state index contributed by atoms with van der Waals surface area (Å²) in [7, 11) is 0. The molecule has 0 unspecified atom stereocenters. The SMILES string of the molecule is Nc1cnn(CC(=O)Nc2ccc(Br)cc2)c1. The van der Waals surface area contributed by atoms with Crippen LogP contribution in [0.4, 0.5) is 11.4 Å². The van der Waals surface area contributed by atoms with E-state index in [1.165, 1.54) is 10.9 Å². The molecular weight excluding hydrogens is 284 g/mol. The van der Waals surface area contributed by atoms with Crippen molar-refractivity contribution >= 4 is 33.2 Å². The number of halogens is 1. The molecule has 2 aromatic rings. The molecule has 0 bridgehead atoms. The standard InChI is InChI=1S/C11H11BrN4O/c12-8-1-3-10(4-2-8)15-11(17)7-16-6-9(13)5-14-16/h1-6H,7,13H2,(H,15,17). The van der Waals surface area contributed by atoms with Gasteiger partial charge in [-0.3, -0.25) is 9.48 Å². The maximum atomic E-state index is 11.7. The third kappa shape index (κ3) is 3.32. The number of nitrogens with one attached hydrogen (secondary N) is 1. The van der Waals surface area contributed by atoms with Crippen molar-refractivity contribution in [1.29, 1.82) is 0 Å². The Morgan fingerprint density at radius 3 is 2.71 bits per heavy atom. The number of rotatable bonds is 3. The van der Waals surface area contributed by atoms with Crippen LogP contribution in [0.3, 0.4) is 0 Å². The van der Waals surface area contributed by atoms with E-state index in [2.05, 4.69) is 26.3 Å². The summed E-state index contributed by atoms with van der Waals surface area (Å²) in [6, 6.07) is 7.36. The topological polar surface area (TPSA) is 72.9 Å². The van der Waals surface area contributed by atoms with Gasteiger partial charge in [0.25, 0.3) is 0 Å². The number of carbonyl (C=O) groups excluding carboxylic acids is 1. The first-order chi connectivity index (χ1) is 8.13. The molecule has 0 atom stereocenters. The maximum absolute atomic E-state index is 11.7. The molecule has 3 N–H and O–H groups in total. The van der Waals surface area contributed by atoms with Crippen molar-refractivity contribution < 1.29 is 4.79 Å². The van der Waals surface area contributed by atoms with Gasteiger partial charge < -0.3 is 11.1 Å². The maximum Gasteiger partial charge on any atom is 0.246 e. The highest BCUT2D eigenvalue weighted by Crippen LogP contribution is 2.14. The molecule has 1 amide bonds. The van der Waals surface area contributed by atoms with Gasteiger partial charge in [0.1, 0.15) is 6.54 Å². The fraction of sp³-hybridized carbons (Fsp3) is 0.0909. The van der Waals surface area contributed by atoms with Crippen molar-refractivity contribution in [3.8, 4) is 0 Å². The minimum atomic E-state index is -0.143. The highest BCUT2D eigenvalue weighted by Gasteiger charge is 2.04. The number of benzene rings is 1. The highest BCUT2D eigenvalue weighted by atomic mass is 79.9. The molecule has 1 aromatic carbocycles. The summed E-state index contributed by atoms with van der Waals surface area (Å²) in [6.45, 7) is 0.146. The van der Waals surface area contributed by atoms with E-state index >= 15 is 0 Å². The van der Waals surface area contributed by atoms with Gasteiger partial charge in [-0.1, -0.05) is 15.9 Å². The number of nitrogens with zero attached hydrogens (tertiary/aromatic N) is 2. The number of hydrogen-bond donors (Lipinski definition) is 2. The van der Waals surface area contributed by atoms with E-state index in [1.807, 2.05) is 24.3 Å². The molecule has 0 aliphatic rings. The van der Waals surface area contributed by atoms with Gasteiger partial charge in [-0.15, -0.1) is 0 Å². The van der Waals surface area contributed by atoms with Crippen molar-refractivity contribution in [3.63, 3.8) is 0 Å². The molecule has 0 aliphatic heterocycles. The summed E-state index contributed by atoms with van der Waals surface area (Å²) in [4.78, 5) is 11.7. The molecule has 0 saturated heterocycles. The van der Waals surface area contributed by atoms with Crippen LogP contribution in [0.2, 0.25) is 0 Å². The summed E-state index contributed by atoms with van der Waals surface area (Å²) in [5.74, 6) is -0.143. The fourth-order valence-corrected chi connectivity index (χ4v) is 1.61. The van der Waals surface area contributed by atoms with Gasteiger partial charge in [-0.05, 0) is 24.3 Å². The first-order valence-electron chi connectivity index (χ1n) is 4.97. The Bertz CT molecular complexity index is 521. The molecule has 1 heterocycles. The molecule has 0 radical (unpaired) electrons. The van der Waals surface area contributed by atoms with Gasteiger partial charge >= 0.3 is 0 Å². The lowest BCUT2D eigenvalue weighted by atomic mass is 10.3. The van der Waals surface area contributed by atoms with Crippen LogP contribution < -0.4 is 11.1 Å². The van der Waals surface area contributed by atoms with Crippen molar-refractivity contribution in [3.05, 3.63) is 41.1 Å². The van der Waals surface area contributed by atoms with E-state index in [0.29, 0.717) is 5.69 Å². The van der Waals surface area contributed by atoms with Crippen molar-refractivity contribution in [2.75, 3.05) is 11.1 Å². The molecule has 5 nitrogen and oxygen atoms in total. The lowest BCUT2D eigenvalue weighted by Crippen LogP contribution is -2.18. The van der Waals surface area contributed by atoms with Crippen LogP contribution in [-0.2, 0) is 11.3 Å². The number of aromatic nitrogens is 2. The van der Waals surface area contributed by atoms with E-state index in [0.717, 1.165) is 10.2 Å². The monoisotopic (exact) mass is 294 g/mol. The number of nitrogens with two attached hydrogens (primary N) is 1. The van der Waals surface area contributed by atoms with Crippen LogP contribution in [0.5, 0.6) is 0 Å². The van der Waals surface area contributed by atoms with E-state index in [4.69, 9.17) is 5.73 Å². The zero-order valence-corrected chi connectivity index (χ0v) is 10.5. The lowest BCUT2D eigenvalue weighted by molar-refractivity contribution is -0.116. The second kappa shape index (κ2) is 5.01. The number of amides is 1. The molecule has 2 rings (SSSR count). The van der Waals surface area contributed by atoms with E-state index in [1.54, 1.807) is 6.20 Å². The Kier molecular flexibility index (Phi) is 3.43. The zero-order valence-electron chi connectivity index (χ0n) is 8.93. The summed E-state index contributed by atoms with van der Waals surface area (Å²) >= 11 is 3.33. The number of nitrogen functional groups attached to an aromatic ring is 1. The normalized spacial score (nSPS) is 10.2. The van der Waals surface area contributed by atoms with E-state index in [-0.39, 0.29) is 12.5 Å². The van der Waals surface area contributed by atoms with Crippen LogP contribution in [0.25, 0.3) is 0 Å². The first-order valence-corrected chi connectivity index (χ1v) is 5.76. The molecular formula is C11H11BrN4O. The van der Waals surface area contributed by atoms with Crippen LogP contribution in [0.15, 0.2) is 41.1 Å². The quantitative estimate of drug-likeness (QED) is 0.908. The largest absolute Gasteiger partial charge is 0.396 e. The van der Waals surface area contributed by atoms with Gasteiger partial charge in [-0.2, -0.15) is 5.10 Å². The Hall–Kier alpha value is -1.82. The van der Waals surface area contributed by atoms with E-state index < -0.39 is 0 Å². The average Bonchev–Trinajstić information content (AvgIpc) is 2.67. The Morgan fingerprint density at radius 2 is 2.12 bits per heavy atom. The molecule has 6 heteroatoms. The van der Waals surface area contributed by atoms with Crippen molar-refractivity contribution in [1.82, 2.24) is 9.78 Å². The predicted octanol–water partition coefficient (Wildman–Crippen LogP) is 1.87. The summed E-state index contributed by atoms with van der Waals surface area (Å²) in [5.41, 5.74) is 6.79. The van der Waals surface area contributed by atoms with Gasteiger partial charge in [0.15, 0.2) is 0 Å². The molecule has 88 valence electrons. The minimum absolute atomic E-state index is 0.143. The molecule has 17 heavy (non-hydrogen) atoms. The summed E-state index contributed by atoms with van der Waals surface area (Å²) < 4.78 is 2.46. The van der Waals surface area contributed by atoms with Gasteiger partial charge in [0.05, 0.1) is 11.9 Å². The third-order valence-corrected chi connectivity index (χ3v) is 2.62. The van der Waals surface area contributed by atoms with Crippen molar-refractivity contribution in [2.24, 2.45) is 0 Å². The highest BCUT2D eigenvalue weighted by molar-refractivity contribution is 9.10. The Balaban J connectivity index is 1.95. The summed E-state index contributed by atoms with van der Waals surface area (Å²) in [5, 5.41) is 6.70. The van der Waals surface area contributed by atoms with E-state index in [9.17, 15) is 4.79 Å². The van der Waals surface area contributed by atoms with Crippen LogP contribution in [0, 0.1) is 0 Å². The predicted molar refractivity (Wildman–Crippen MR) is 69.4 cm³/mol. The lowest BCUT2D eigenvalue weighted by Gasteiger charge is -2.05. The summed E-state index contributed by atoms with van der Waals surface area (Å²) in [6.07, 6.45) is 3.12. The number of carbonyl (C=O) groups is 1. The second-order valence-electron chi connectivity index (χ2n) is 3.53. The smallest absolute Gasteiger partial charge is 0.246 e. The molecule has 1 aromatic heterocycles. The van der Waals surface area contributed by atoms with Gasteiger partial charge in [0.2, 0.25) is 5.91 Å².